The molecular formula is C16H27NS. The van der Waals surface area contributed by atoms with Crippen LogP contribution in [0.15, 0.2) is 12.1 Å². The Labute approximate surface area is 116 Å². The maximum Gasteiger partial charge on any atom is 0.00482 e. The first-order valence-electron chi connectivity index (χ1n) is 7.50. The Bertz CT molecular complexity index is 350. The zero-order valence-electron chi connectivity index (χ0n) is 11.9. The van der Waals surface area contributed by atoms with Gasteiger partial charge in [-0.15, -0.1) is 11.3 Å². The zero-order valence-corrected chi connectivity index (χ0v) is 12.7. The van der Waals surface area contributed by atoms with Crippen molar-refractivity contribution in [2.24, 2.45) is 5.41 Å². The fraction of sp³-hybridized carbons (Fsp3) is 0.750. The van der Waals surface area contributed by atoms with Crippen LogP contribution in [0.4, 0.5) is 0 Å². The molecular weight excluding hydrogens is 238 g/mol. The van der Waals surface area contributed by atoms with Crippen molar-refractivity contribution < 1.29 is 0 Å². The topological polar surface area (TPSA) is 12.0 Å². The second-order valence-corrected chi connectivity index (χ2v) is 7.20. The molecule has 0 spiro atoms. The Morgan fingerprint density at radius 1 is 1.22 bits per heavy atom. The smallest absolute Gasteiger partial charge is 0.00482 e. The summed E-state index contributed by atoms with van der Waals surface area (Å²) in [5.41, 5.74) is 0.653. The van der Waals surface area contributed by atoms with Gasteiger partial charge in [0.15, 0.2) is 0 Å². The Kier molecular flexibility index (Phi) is 5.25. The Morgan fingerprint density at radius 3 is 2.61 bits per heavy atom. The van der Waals surface area contributed by atoms with Gasteiger partial charge in [-0.1, -0.05) is 19.8 Å². The normalized spacial score (nSPS) is 18.3. The number of rotatable bonds is 7. The van der Waals surface area contributed by atoms with Crippen LogP contribution in [-0.4, -0.2) is 13.1 Å². The van der Waals surface area contributed by atoms with E-state index in [1.165, 1.54) is 56.4 Å². The Balaban J connectivity index is 1.85. The SMILES string of the molecule is CCNCCC1(CCc2ccc(C)s2)CCCC1. The van der Waals surface area contributed by atoms with Crippen LogP contribution in [0.25, 0.3) is 0 Å². The molecule has 0 unspecified atom stereocenters. The fourth-order valence-electron chi connectivity index (χ4n) is 3.29. The van der Waals surface area contributed by atoms with Gasteiger partial charge in [-0.3, -0.25) is 0 Å². The van der Waals surface area contributed by atoms with E-state index < -0.39 is 0 Å². The van der Waals surface area contributed by atoms with E-state index in [9.17, 15) is 0 Å². The highest BCUT2D eigenvalue weighted by molar-refractivity contribution is 7.11. The summed E-state index contributed by atoms with van der Waals surface area (Å²) in [5.74, 6) is 0. The first-order chi connectivity index (χ1) is 8.74. The van der Waals surface area contributed by atoms with Crippen molar-refractivity contribution in [3.63, 3.8) is 0 Å². The van der Waals surface area contributed by atoms with Crippen molar-refractivity contribution in [1.82, 2.24) is 5.32 Å². The Hall–Kier alpha value is -0.340. The third kappa shape index (κ3) is 3.83. The van der Waals surface area contributed by atoms with Crippen LogP contribution in [0, 0.1) is 12.3 Å². The summed E-state index contributed by atoms with van der Waals surface area (Å²) in [6, 6.07) is 4.59. The van der Waals surface area contributed by atoms with Crippen molar-refractivity contribution in [3.8, 4) is 0 Å². The number of thiophene rings is 1. The standard InChI is InChI=1S/C16H27NS/c1-3-17-13-12-16(9-4-5-10-16)11-8-15-7-6-14(2)18-15/h6-7,17H,3-5,8-13H2,1-2H3. The largest absolute Gasteiger partial charge is 0.317 e. The maximum absolute atomic E-state index is 3.50. The highest BCUT2D eigenvalue weighted by atomic mass is 32.1. The summed E-state index contributed by atoms with van der Waals surface area (Å²) in [5, 5.41) is 3.50. The van der Waals surface area contributed by atoms with Gasteiger partial charge >= 0.3 is 0 Å². The third-order valence-electron chi connectivity index (χ3n) is 4.44. The number of hydrogen-bond acceptors (Lipinski definition) is 2. The van der Waals surface area contributed by atoms with Crippen LogP contribution in [0.2, 0.25) is 0 Å². The highest BCUT2D eigenvalue weighted by Gasteiger charge is 2.32. The minimum absolute atomic E-state index is 0.653. The molecule has 1 aliphatic rings. The summed E-state index contributed by atoms with van der Waals surface area (Å²) >= 11 is 1.98. The van der Waals surface area contributed by atoms with E-state index in [1.54, 1.807) is 4.88 Å². The van der Waals surface area contributed by atoms with Gasteiger partial charge < -0.3 is 5.32 Å². The maximum atomic E-state index is 3.50. The summed E-state index contributed by atoms with van der Waals surface area (Å²) < 4.78 is 0. The van der Waals surface area contributed by atoms with Gasteiger partial charge in [-0.25, -0.2) is 0 Å². The molecule has 0 bridgehead atoms. The number of hydrogen-bond donors (Lipinski definition) is 1. The van der Waals surface area contributed by atoms with Crippen LogP contribution in [0.3, 0.4) is 0 Å². The van der Waals surface area contributed by atoms with E-state index in [0.29, 0.717) is 5.41 Å². The molecule has 1 aliphatic carbocycles. The summed E-state index contributed by atoms with van der Waals surface area (Å²) in [7, 11) is 0. The number of nitrogens with one attached hydrogen (secondary N) is 1. The van der Waals surface area contributed by atoms with Crippen molar-refractivity contribution in [1.29, 1.82) is 0 Å². The van der Waals surface area contributed by atoms with Crippen molar-refractivity contribution in [2.45, 2.75) is 58.8 Å². The molecule has 1 N–H and O–H groups in total. The lowest BCUT2D eigenvalue weighted by molar-refractivity contribution is 0.246. The van der Waals surface area contributed by atoms with Crippen LogP contribution in [0.1, 0.15) is 55.2 Å². The molecule has 0 saturated heterocycles. The van der Waals surface area contributed by atoms with Gasteiger partial charge in [-0.05, 0) is 69.7 Å². The highest BCUT2D eigenvalue weighted by Crippen LogP contribution is 2.44. The molecule has 18 heavy (non-hydrogen) atoms. The molecule has 1 heterocycles. The minimum atomic E-state index is 0.653. The van der Waals surface area contributed by atoms with Crippen LogP contribution >= 0.6 is 11.3 Å². The predicted octanol–water partition coefficient (Wildman–Crippen LogP) is 4.55. The monoisotopic (exact) mass is 265 g/mol. The van der Waals surface area contributed by atoms with E-state index in [0.717, 1.165) is 6.54 Å². The minimum Gasteiger partial charge on any atom is -0.317 e. The van der Waals surface area contributed by atoms with Gasteiger partial charge in [0.25, 0.3) is 0 Å². The van der Waals surface area contributed by atoms with E-state index >= 15 is 0 Å². The second kappa shape index (κ2) is 6.72. The molecule has 0 aliphatic heterocycles. The molecule has 102 valence electrons. The number of aryl methyl sites for hydroxylation is 2. The summed E-state index contributed by atoms with van der Waals surface area (Å²) in [6.45, 7) is 6.74. The lowest BCUT2D eigenvalue weighted by Crippen LogP contribution is -2.25. The first-order valence-corrected chi connectivity index (χ1v) is 8.32. The summed E-state index contributed by atoms with van der Waals surface area (Å²) in [6.07, 6.45) is 9.91. The molecule has 1 saturated carbocycles. The second-order valence-electron chi connectivity index (χ2n) is 5.82. The van der Waals surface area contributed by atoms with Crippen LogP contribution in [0.5, 0.6) is 0 Å². The quantitative estimate of drug-likeness (QED) is 0.713. The average Bonchev–Trinajstić information content (AvgIpc) is 2.97. The van der Waals surface area contributed by atoms with Gasteiger partial charge in [0.1, 0.15) is 0 Å². The first kappa shape index (κ1) is 14.1. The molecule has 1 fully saturated rings. The van der Waals surface area contributed by atoms with E-state index in [1.807, 2.05) is 11.3 Å². The van der Waals surface area contributed by atoms with Crippen molar-refractivity contribution >= 4 is 11.3 Å². The molecule has 1 nitrogen and oxygen atoms in total. The predicted molar refractivity (Wildman–Crippen MR) is 81.4 cm³/mol. The molecule has 2 heteroatoms. The van der Waals surface area contributed by atoms with Crippen molar-refractivity contribution in [2.75, 3.05) is 13.1 Å². The van der Waals surface area contributed by atoms with Crippen LogP contribution < -0.4 is 5.32 Å². The molecule has 0 radical (unpaired) electrons. The molecule has 1 aromatic heterocycles. The molecule has 1 aromatic rings. The van der Waals surface area contributed by atoms with Gasteiger partial charge in [0, 0.05) is 9.75 Å². The fourth-order valence-corrected chi connectivity index (χ4v) is 4.18. The molecule has 2 rings (SSSR count). The third-order valence-corrected chi connectivity index (χ3v) is 5.50. The van der Waals surface area contributed by atoms with Gasteiger partial charge in [-0.2, -0.15) is 0 Å². The van der Waals surface area contributed by atoms with E-state index in [-0.39, 0.29) is 0 Å². The lowest BCUT2D eigenvalue weighted by Gasteiger charge is -2.29. The van der Waals surface area contributed by atoms with Gasteiger partial charge in [0.2, 0.25) is 0 Å². The molecule has 0 amide bonds. The molecule has 0 aromatic carbocycles. The van der Waals surface area contributed by atoms with E-state index in [2.05, 4.69) is 31.3 Å². The zero-order chi connectivity index (χ0) is 12.8. The van der Waals surface area contributed by atoms with Crippen molar-refractivity contribution in [3.05, 3.63) is 21.9 Å². The Morgan fingerprint density at radius 2 is 2.00 bits per heavy atom. The van der Waals surface area contributed by atoms with Crippen LogP contribution in [-0.2, 0) is 6.42 Å². The van der Waals surface area contributed by atoms with Gasteiger partial charge in [0.05, 0.1) is 0 Å². The summed E-state index contributed by atoms with van der Waals surface area (Å²) in [4.78, 5) is 3.04. The lowest BCUT2D eigenvalue weighted by atomic mass is 9.78. The average molecular weight is 265 g/mol. The molecule has 0 atom stereocenters. The van der Waals surface area contributed by atoms with E-state index in [4.69, 9.17) is 0 Å².